The first-order valence-electron chi connectivity index (χ1n) is 7.24. The first-order valence-corrected chi connectivity index (χ1v) is 7.24. The van der Waals surface area contributed by atoms with Crippen LogP contribution in [0.1, 0.15) is 16.7 Å². The Morgan fingerprint density at radius 1 is 1.14 bits per heavy atom. The van der Waals surface area contributed by atoms with E-state index in [0.717, 1.165) is 24.1 Å². The van der Waals surface area contributed by atoms with Gasteiger partial charge in [0, 0.05) is 23.6 Å². The molecule has 0 bridgehead atoms. The fourth-order valence-electron chi connectivity index (χ4n) is 2.71. The molecule has 1 heterocycles. The summed E-state index contributed by atoms with van der Waals surface area (Å²) in [7, 11) is 0. The molecule has 3 aromatic rings. The molecular formula is C18H19FN2. The van der Waals surface area contributed by atoms with E-state index in [-0.39, 0.29) is 5.82 Å². The van der Waals surface area contributed by atoms with Gasteiger partial charge in [-0.2, -0.15) is 0 Å². The van der Waals surface area contributed by atoms with E-state index in [1.165, 1.54) is 16.5 Å². The van der Waals surface area contributed by atoms with Gasteiger partial charge in [-0.1, -0.05) is 24.3 Å². The maximum Gasteiger partial charge on any atom is 0.123 e. The molecule has 0 saturated carbocycles. The van der Waals surface area contributed by atoms with Gasteiger partial charge < -0.3 is 10.3 Å². The third-order valence-corrected chi connectivity index (χ3v) is 3.68. The van der Waals surface area contributed by atoms with Crippen LogP contribution >= 0.6 is 0 Å². The van der Waals surface area contributed by atoms with E-state index < -0.39 is 0 Å². The average molecular weight is 282 g/mol. The van der Waals surface area contributed by atoms with Crippen molar-refractivity contribution in [1.82, 2.24) is 10.3 Å². The van der Waals surface area contributed by atoms with Crippen molar-refractivity contribution < 1.29 is 4.39 Å². The predicted molar refractivity (Wildman–Crippen MR) is 84.8 cm³/mol. The highest BCUT2D eigenvalue weighted by atomic mass is 19.1. The molecule has 2 aromatic carbocycles. The minimum Gasteiger partial charge on any atom is -0.361 e. The first-order chi connectivity index (χ1) is 10.2. The number of halogens is 1. The molecule has 0 aliphatic rings. The van der Waals surface area contributed by atoms with E-state index in [1.807, 2.05) is 19.1 Å². The van der Waals surface area contributed by atoms with E-state index in [4.69, 9.17) is 0 Å². The molecule has 0 spiro atoms. The molecule has 0 saturated heterocycles. The zero-order valence-corrected chi connectivity index (χ0v) is 12.1. The van der Waals surface area contributed by atoms with Gasteiger partial charge >= 0.3 is 0 Å². The standard InChI is InChI=1S/C18H19FN2/c1-13-8-14(10-16(19)9-13)11-20-7-6-15-12-21-18-5-3-2-4-17(15)18/h2-5,8-10,12,20-21H,6-7,11H2,1H3. The van der Waals surface area contributed by atoms with Crippen molar-refractivity contribution >= 4 is 10.9 Å². The Kier molecular flexibility index (Phi) is 4.02. The van der Waals surface area contributed by atoms with Crippen molar-refractivity contribution in [3.05, 3.63) is 71.2 Å². The molecule has 0 radical (unpaired) electrons. The van der Waals surface area contributed by atoms with Gasteiger partial charge in [0.15, 0.2) is 0 Å². The Balaban J connectivity index is 1.56. The Bertz CT molecular complexity index is 726. The maximum atomic E-state index is 13.3. The van der Waals surface area contributed by atoms with Crippen molar-refractivity contribution in [2.75, 3.05) is 6.54 Å². The van der Waals surface area contributed by atoms with Gasteiger partial charge in [-0.15, -0.1) is 0 Å². The van der Waals surface area contributed by atoms with Crippen LogP contribution in [0.5, 0.6) is 0 Å². The molecule has 0 aliphatic heterocycles. The average Bonchev–Trinajstić information content (AvgIpc) is 2.86. The van der Waals surface area contributed by atoms with Gasteiger partial charge in [0.25, 0.3) is 0 Å². The Morgan fingerprint density at radius 3 is 2.86 bits per heavy atom. The van der Waals surface area contributed by atoms with Crippen LogP contribution in [-0.4, -0.2) is 11.5 Å². The lowest BCUT2D eigenvalue weighted by Gasteiger charge is -2.06. The highest BCUT2D eigenvalue weighted by Crippen LogP contribution is 2.17. The zero-order chi connectivity index (χ0) is 14.7. The molecule has 108 valence electrons. The van der Waals surface area contributed by atoms with E-state index in [1.54, 1.807) is 12.1 Å². The monoisotopic (exact) mass is 282 g/mol. The summed E-state index contributed by atoms with van der Waals surface area (Å²) in [5.74, 6) is -0.163. The summed E-state index contributed by atoms with van der Waals surface area (Å²) in [6.07, 6.45) is 3.02. The summed E-state index contributed by atoms with van der Waals surface area (Å²) in [6.45, 7) is 3.48. The second-order valence-electron chi connectivity index (χ2n) is 5.42. The van der Waals surface area contributed by atoms with Gasteiger partial charge in [0.05, 0.1) is 0 Å². The highest BCUT2D eigenvalue weighted by molar-refractivity contribution is 5.83. The van der Waals surface area contributed by atoms with Crippen molar-refractivity contribution in [3.8, 4) is 0 Å². The number of para-hydroxylation sites is 1. The van der Waals surface area contributed by atoms with Crippen LogP contribution in [0.2, 0.25) is 0 Å². The molecule has 1 aromatic heterocycles. The number of nitrogens with one attached hydrogen (secondary N) is 2. The van der Waals surface area contributed by atoms with Crippen LogP contribution in [0, 0.1) is 12.7 Å². The lowest BCUT2D eigenvalue weighted by molar-refractivity contribution is 0.619. The van der Waals surface area contributed by atoms with E-state index in [9.17, 15) is 4.39 Å². The normalized spacial score (nSPS) is 11.1. The largest absolute Gasteiger partial charge is 0.361 e. The van der Waals surface area contributed by atoms with Crippen molar-refractivity contribution in [3.63, 3.8) is 0 Å². The molecule has 0 unspecified atom stereocenters. The minimum absolute atomic E-state index is 0.163. The fraction of sp³-hybridized carbons (Fsp3) is 0.222. The van der Waals surface area contributed by atoms with Gasteiger partial charge in [0.1, 0.15) is 5.82 Å². The van der Waals surface area contributed by atoms with Crippen LogP contribution in [0.3, 0.4) is 0 Å². The maximum absolute atomic E-state index is 13.3. The molecule has 2 nitrogen and oxygen atoms in total. The molecular weight excluding hydrogens is 263 g/mol. The third-order valence-electron chi connectivity index (χ3n) is 3.68. The summed E-state index contributed by atoms with van der Waals surface area (Å²) in [6, 6.07) is 13.5. The quantitative estimate of drug-likeness (QED) is 0.681. The lowest BCUT2D eigenvalue weighted by Crippen LogP contribution is -2.16. The van der Waals surface area contributed by atoms with Crippen molar-refractivity contribution in [1.29, 1.82) is 0 Å². The lowest BCUT2D eigenvalue weighted by atomic mass is 10.1. The molecule has 0 amide bonds. The second-order valence-corrected chi connectivity index (χ2v) is 5.42. The van der Waals surface area contributed by atoms with E-state index in [0.29, 0.717) is 6.54 Å². The van der Waals surface area contributed by atoms with Gasteiger partial charge in [0.2, 0.25) is 0 Å². The zero-order valence-electron chi connectivity index (χ0n) is 12.1. The number of aromatic amines is 1. The van der Waals surface area contributed by atoms with E-state index >= 15 is 0 Å². The van der Waals surface area contributed by atoms with Crippen LogP contribution in [-0.2, 0) is 13.0 Å². The Morgan fingerprint density at radius 2 is 2.00 bits per heavy atom. The third kappa shape index (κ3) is 3.31. The van der Waals surface area contributed by atoms with Gasteiger partial charge in [-0.25, -0.2) is 4.39 Å². The SMILES string of the molecule is Cc1cc(F)cc(CNCCc2c[nH]c3ccccc23)c1. The molecule has 0 aliphatic carbocycles. The summed E-state index contributed by atoms with van der Waals surface area (Å²) in [5, 5.41) is 4.66. The molecule has 0 fully saturated rings. The Labute approximate surface area is 124 Å². The number of fused-ring (bicyclic) bond motifs is 1. The molecule has 3 rings (SSSR count). The number of benzene rings is 2. The summed E-state index contributed by atoms with van der Waals surface area (Å²) in [4.78, 5) is 3.28. The summed E-state index contributed by atoms with van der Waals surface area (Å²) >= 11 is 0. The van der Waals surface area contributed by atoms with Crippen molar-refractivity contribution in [2.24, 2.45) is 0 Å². The minimum atomic E-state index is -0.163. The van der Waals surface area contributed by atoms with Crippen LogP contribution in [0.25, 0.3) is 10.9 Å². The summed E-state index contributed by atoms with van der Waals surface area (Å²) in [5.41, 5.74) is 4.44. The molecule has 0 atom stereocenters. The summed E-state index contributed by atoms with van der Waals surface area (Å²) < 4.78 is 13.3. The van der Waals surface area contributed by atoms with Crippen LogP contribution < -0.4 is 5.32 Å². The second kappa shape index (κ2) is 6.10. The Hall–Kier alpha value is -2.13. The smallest absolute Gasteiger partial charge is 0.123 e. The van der Waals surface area contributed by atoms with E-state index in [2.05, 4.69) is 34.7 Å². The van der Waals surface area contributed by atoms with Crippen LogP contribution in [0.15, 0.2) is 48.7 Å². The number of H-pyrrole nitrogens is 1. The molecule has 21 heavy (non-hydrogen) atoms. The van der Waals surface area contributed by atoms with Gasteiger partial charge in [-0.3, -0.25) is 0 Å². The number of rotatable bonds is 5. The molecule has 3 heteroatoms. The number of hydrogen-bond acceptors (Lipinski definition) is 1. The number of aryl methyl sites for hydroxylation is 1. The number of hydrogen-bond donors (Lipinski definition) is 2. The fourth-order valence-corrected chi connectivity index (χ4v) is 2.71. The van der Waals surface area contributed by atoms with Crippen molar-refractivity contribution in [2.45, 2.75) is 19.9 Å². The number of aromatic nitrogens is 1. The van der Waals surface area contributed by atoms with Crippen LogP contribution in [0.4, 0.5) is 4.39 Å². The first kappa shape index (κ1) is 13.8. The highest BCUT2D eigenvalue weighted by Gasteiger charge is 2.02. The molecule has 2 N–H and O–H groups in total. The van der Waals surface area contributed by atoms with Gasteiger partial charge in [-0.05, 0) is 54.8 Å². The predicted octanol–water partition coefficient (Wildman–Crippen LogP) is 3.95. The topological polar surface area (TPSA) is 27.8 Å².